The lowest BCUT2D eigenvalue weighted by Crippen LogP contribution is -2.25. The third-order valence-electron chi connectivity index (χ3n) is 3.27. The van der Waals surface area contributed by atoms with E-state index in [1.54, 1.807) is 25.4 Å². The number of carbonyl (C=O) groups excluding carboxylic acids is 1. The number of pyridine rings is 1. The van der Waals surface area contributed by atoms with Gasteiger partial charge >= 0.3 is 0 Å². The van der Waals surface area contributed by atoms with E-state index in [-0.39, 0.29) is 5.91 Å². The molecule has 0 aliphatic carbocycles. The number of benzene rings is 1. The minimum absolute atomic E-state index is 0.122. The summed E-state index contributed by atoms with van der Waals surface area (Å²) in [5.74, 6) is 1.31. The van der Waals surface area contributed by atoms with Gasteiger partial charge in [0.05, 0.1) is 6.61 Å². The Labute approximate surface area is 142 Å². The first-order valence-corrected chi connectivity index (χ1v) is 7.96. The van der Waals surface area contributed by atoms with Crippen LogP contribution in [0.4, 0.5) is 11.5 Å². The first kappa shape index (κ1) is 17.7. The van der Waals surface area contributed by atoms with Crippen LogP contribution in [0, 0.1) is 0 Å². The van der Waals surface area contributed by atoms with Gasteiger partial charge in [-0.05, 0) is 49.7 Å². The third kappa shape index (κ3) is 5.55. The fourth-order valence-corrected chi connectivity index (χ4v) is 2.11. The van der Waals surface area contributed by atoms with Crippen LogP contribution in [0.15, 0.2) is 42.6 Å². The maximum atomic E-state index is 12.1. The number of rotatable bonds is 9. The van der Waals surface area contributed by atoms with Gasteiger partial charge in [0.25, 0.3) is 5.91 Å². The molecule has 1 aromatic heterocycles. The fraction of sp³-hybridized carbons (Fsp3) is 0.333. The normalized spacial score (nSPS) is 10.2. The smallest absolute Gasteiger partial charge is 0.251 e. The van der Waals surface area contributed by atoms with Gasteiger partial charge in [0.1, 0.15) is 11.6 Å². The number of hydrogen-bond acceptors (Lipinski definition) is 5. The average Bonchev–Trinajstić information content (AvgIpc) is 2.61. The zero-order valence-electron chi connectivity index (χ0n) is 14.0. The van der Waals surface area contributed by atoms with Crippen molar-refractivity contribution >= 4 is 17.4 Å². The highest BCUT2D eigenvalue weighted by molar-refractivity contribution is 5.94. The molecular formula is C18H23N3O3. The molecule has 1 amide bonds. The molecule has 0 atom stereocenters. The SMILES string of the molecule is CCOc1ccc(Nc2cc(C(=O)NCCCOC)ccn2)cc1. The second kappa shape index (κ2) is 9.52. The molecule has 6 heteroatoms. The van der Waals surface area contributed by atoms with Crippen molar-refractivity contribution in [1.82, 2.24) is 10.3 Å². The molecule has 0 saturated carbocycles. The maximum Gasteiger partial charge on any atom is 0.251 e. The van der Waals surface area contributed by atoms with E-state index in [1.165, 1.54) is 0 Å². The Bertz CT molecular complexity index is 644. The van der Waals surface area contributed by atoms with Crippen molar-refractivity contribution < 1.29 is 14.3 Å². The number of hydrogen-bond donors (Lipinski definition) is 2. The molecule has 128 valence electrons. The molecule has 0 unspecified atom stereocenters. The molecule has 2 N–H and O–H groups in total. The van der Waals surface area contributed by atoms with Gasteiger partial charge in [-0.3, -0.25) is 4.79 Å². The van der Waals surface area contributed by atoms with Crippen molar-refractivity contribution in [1.29, 1.82) is 0 Å². The highest BCUT2D eigenvalue weighted by Gasteiger charge is 2.06. The van der Waals surface area contributed by atoms with Crippen molar-refractivity contribution in [3.8, 4) is 5.75 Å². The summed E-state index contributed by atoms with van der Waals surface area (Å²) in [4.78, 5) is 16.3. The Kier molecular flexibility index (Phi) is 7.04. The second-order valence-electron chi connectivity index (χ2n) is 5.11. The Hall–Kier alpha value is -2.60. The van der Waals surface area contributed by atoms with E-state index >= 15 is 0 Å². The monoisotopic (exact) mass is 329 g/mol. The van der Waals surface area contributed by atoms with Gasteiger partial charge in [0, 0.05) is 37.7 Å². The Morgan fingerprint density at radius 2 is 2.00 bits per heavy atom. The first-order valence-electron chi connectivity index (χ1n) is 7.96. The summed E-state index contributed by atoms with van der Waals surface area (Å²) >= 11 is 0. The number of nitrogens with zero attached hydrogens (tertiary/aromatic N) is 1. The maximum absolute atomic E-state index is 12.1. The zero-order chi connectivity index (χ0) is 17.2. The van der Waals surface area contributed by atoms with E-state index < -0.39 is 0 Å². The molecule has 0 bridgehead atoms. The van der Waals surface area contributed by atoms with Crippen LogP contribution in [-0.4, -0.2) is 37.8 Å². The van der Waals surface area contributed by atoms with Crippen LogP contribution >= 0.6 is 0 Å². The summed E-state index contributed by atoms with van der Waals surface area (Å²) in [6, 6.07) is 11.0. The predicted molar refractivity (Wildman–Crippen MR) is 94.0 cm³/mol. The molecule has 0 aliphatic heterocycles. The number of methoxy groups -OCH3 is 1. The molecule has 0 fully saturated rings. The van der Waals surface area contributed by atoms with Crippen molar-refractivity contribution in [3.05, 3.63) is 48.2 Å². The molecular weight excluding hydrogens is 306 g/mol. The van der Waals surface area contributed by atoms with Crippen LogP contribution in [0.2, 0.25) is 0 Å². The molecule has 0 radical (unpaired) electrons. The number of nitrogens with one attached hydrogen (secondary N) is 2. The number of aromatic nitrogens is 1. The number of anilines is 2. The Balaban J connectivity index is 1.95. The molecule has 1 aromatic carbocycles. The molecule has 2 rings (SSSR count). The lowest BCUT2D eigenvalue weighted by atomic mass is 10.2. The van der Waals surface area contributed by atoms with Crippen molar-refractivity contribution in [2.24, 2.45) is 0 Å². The third-order valence-corrected chi connectivity index (χ3v) is 3.27. The van der Waals surface area contributed by atoms with E-state index in [2.05, 4.69) is 15.6 Å². The lowest BCUT2D eigenvalue weighted by Gasteiger charge is -2.09. The zero-order valence-corrected chi connectivity index (χ0v) is 14.0. The number of carbonyl (C=O) groups is 1. The summed E-state index contributed by atoms with van der Waals surface area (Å²) in [6.45, 7) is 3.79. The molecule has 0 saturated heterocycles. The molecule has 0 spiro atoms. The molecule has 6 nitrogen and oxygen atoms in total. The van der Waals surface area contributed by atoms with Crippen LogP contribution in [0.25, 0.3) is 0 Å². The van der Waals surface area contributed by atoms with Crippen molar-refractivity contribution in [2.45, 2.75) is 13.3 Å². The van der Waals surface area contributed by atoms with Crippen molar-refractivity contribution in [3.63, 3.8) is 0 Å². The van der Waals surface area contributed by atoms with Crippen molar-refractivity contribution in [2.75, 3.05) is 32.2 Å². The standard InChI is InChI=1S/C18H23N3O3/c1-3-24-16-7-5-15(6-8-16)21-17-13-14(9-11-19-17)18(22)20-10-4-12-23-2/h5-9,11,13H,3-4,10,12H2,1-2H3,(H,19,21)(H,20,22). The van der Waals surface area contributed by atoms with E-state index in [1.807, 2.05) is 31.2 Å². The minimum atomic E-state index is -0.122. The lowest BCUT2D eigenvalue weighted by molar-refractivity contribution is 0.0948. The van der Waals surface area contributed by atoms with E-state index in [4.69, 9.17) is 9.47 Å². The van der Waals surface area contributed by atoms with Gasteiger partial charge in [-0.15, -0.1) is 0 Å². The quantitative estimate of drug-likeness (QED) is 0.692. The number of ether oxygens (including phenoxy) is 2. The summed E-state index contributed by atoms with van der Waals surface area (Å²) in [5.41, 5.74) is 1.44. The topological polar surface area (TPSA) is 72.5 Å². The summed E-state index contributed by atoms with van der Waals surface area (Å²) in [7, 11) is 1.64. The Morgan fingerprint density at radius 1 is 1.21 bits per heavy atom. The average molecular weight is 329 g/mol. The molecule has 1 heterocycles. The minimum Gasteiger partial charge on any atom is -0.494 e. The molecule has 0 aliphatic rings. The largest absolute Gasteiger partial charge is 0.494 e. The second-order valence-corrected chi connectivity index (χ2v) is 5.11. The van der Waals surface area contributed by atoms with Crippen LogP contribution in [-0.2, 0) is 4.74 Å². The van der Waals surface area contributed by atoms with E-state index in [0.29, 0.717) is 31.1 Å². The summed E-state index contributed by atoms with van der Waals surface area (Å²) < 4.78 is 10.4. The van der Waals surface area contributed by atoms with Gasteiger partial charge in [0.15, 0.2) is 0 Å². The van der Waals surface area contributed by atoms with Crippen LogP contribution in [0.5, 0.6) is 5.75 Å². The van der Waals surface area contributed by atoms with Gasteiger partial charge in [-0.25, -0.2) is 4.98 Å². The van der Waals surface area contributed by atoms with Gasteiger partial charge in [-0.2, -0.15) is 0 Å². The van der Waals surface area contributed by atoms with E-state index in [9.17, 15) is 4.79 Å². The van der Waals surface area contributed by atoms with Gasteiger partial charge < -0.3 is 20.1 Å². The van der Waals surface area contributed by atoms with Crippen LogP contribution < -0.4 is 15.4 Å². The first-order chi connectivity index (χ1) is 11.7. The highest BCUT2D eigenvalue weighted by atomic mass is 16.5. The summed E-state index contributed by atoms with van der Waals surface area (Å²) in [5, 5.41) is 6.03. The van der Waals surface area contributed by atoms with Gasteiger partial charge in [-0.1, -0.05) is 0 Å². The highest BCUT2D eigenvalue weighted by Crippen LogP contribution is 2.19. The fourth-order valence-electron chi connectivity index (χ4n) is 2.11. The van der Waals surface area contributed by atoms with Crippen LogP contribution in [0.1, 0.15) is 23.7 Å². The summed E-state index contributed by atoms with van der Waals surface area (Å²) in [6.07, 6.45) is 2.39. The van der Waals surface area contributed by atoms with E-state index in [0.717, 1.165) is 17.9 Å². The number of amides is 1. The molecule has 24 heavy (non-hydrogen) atoms. The predicted octanol–water partition coefficient (Wildman–Crippen LogP) is 2.99. The van der Waals surface area contributed by atoms with Crippen LogP contribution in [0.3, 0.4) is 0 Å². The Morgan fingerprint density at radius 3 is 2.71 bits per heavy atom. The molecule has 2 aromatic rings. The van der Waals surface area contributed by atoms with Gasteiger partial charge in [0.2, 0.25) is 0 Å².